The first kappa shape index (κ1) is 17.9. The molecule has 0 saturated carbocycles. The average molecular weight is 341 g/mol. The van der Waals surface area contributed by atoms with E-state index in [-0.39, 0.29) is 0 Å². The molecule has 0 saturated heterocycles. The predicted molar refractivity (Wildman–Crippen MR) is 87.5 cm³/mol. The van der Waals surface area contributed by atoms with Crippen LogP contribution in [0.15, 0.2) is 17.8 Å². The highest BCUT2D eigenvalue weighted by Crippen LogP contribution is 2.33. The molecule has 4 N–H and O–H groups in total. The Bertz CT molecular complexity index is 716. The molecule has 2 aromatic rings. The van der Waals surface area contributed by atoms with E-state index in [0.29, 0.717) is 5.82 Å². The fraction of sp³-hybridized carbons (Fsp3) is 0.231. The van der Waals surface area contributed by atoms with E-state index in [2.05, 4.69) is 30.4 Å². The molecular weight excluding hydrogens is 326 g/mol. The second-order valence-corrected chi connectivity index (χ2v) is 6.26. The molecule has 0 fully saturated rings. The minimum atomic E-state index is -1.82. The van der Waals surface area contributed by atoms with Crippen molar-refractivity contribution in [1.82, 2.24) is 9.97 Å². The van der Waals surface area contributed by atoms with Crippen molar-refractivity contribution in [2.24, 2.45) is 0 Å². The molecule has 7 nitrogen and oxygen atoms in total. The molecule has 0 unspecified atom stereocenters. The van der Waals surface area contributed by atoms with E-state index in [4.69, 9.17) is 25.5 Å². The van der Waals surface area contributed by atoms with Crippen molar-refractivity contribution in [2.75, 3.05) is 11.5 Å². The van der Waals surface area contributed by atoms with E-state index in [0.717, 1.165) is 21.1 Å². The van der Waals surface area contributed by atoms with Gasteiger partial charge in [0.1, 0.15) is 10.6 Å². The summed E-state index contributed by atoms with van der Waals surface area (Å²) < 4.78 is 0. The lowest BCUT2D eigenvalue weighted by Gasteiger charge is -2.01. The summed E-state index contributed by atoms with van der Waals surface area (Å²) in [4.78, 5) is 29.2. The van der Waals surface area contributed by atoms with Gasteiger partial charge in [0.25, 0.3) is 0 Å². The molecule has 22 heavy (non-hydrogen) atoms. The van der Waals surface area contributed by atoms with Crippen LogP contribution in [-0.2, 0) is 9.59 Å². The zero-order chi connectivity index (χ0) is 16.9. The quantitative estimate of drug-likeness (QED) is 0.336. The number of rotatable bonds is 3. The minimum Gasteiger partial charge on any atom is -0.473 e. The summed E-state index contributed by atoms with van der Waals surface area (Å²) in [5, 5.41) is 16.5. The SMILES string of the molecule is C=CCSc1nc(N)c2c(C)c(C)sc2n1.O=C(O)C(=O)O. The second-order valence-electron chi connectivity index (χ2n) is 4.06. The summed E-state index contributed by atoms with van der Waals surface area (Å²) in [7, 11) is 0. The number of nitrogens with two attached hydrogens (primary N) is 1. The summed E-state index contributed by atoms with van der Waals surface area (Å²) in [5.41, 5.74) is 7.15. The van der Waals surface area contributed by atoms with Crippen LogP contribution in [0, 0.1) is 13.8 Å². The van der Waals surface area contributed by atoms with Gasteiger partial charge in [0, 0.05) is 10.6 Å². The molecule has 0 amide bonds. The molecule has 2 rings (SSSR count). The maximum Gasteiger partial charge on any atom is 0.414 e. The molecule has 0 atom stereocenters. The van der Waals surface area contributed by atoms with Crippen molar-refractivity contribution < 1.29 is 19.8 Å². The largest absolute Gasteiger partial charge is 0.473 e. The fourth-order valence-electron chi connectivity index (χ4n) is 1.46. The van der Waals surface area contributed by atoms with Gasteiger partial charge >= 0.3 is 11.9 Å². The molecule has 118 valence electrons. The highest BCUT2D eigenvalue weighted by molar-refractivity contribution is 7.99. The van der Waals surface area contributed by atoms with Crippen LogP contribution in [0.1, 0.15) is 10.4 Å². The molecule has 0 aliphatic heterocycles. The normalized spacial score (nSPS) is 9.91. The molecule has 2 heterocycles. The van der Waals surface area contributed by atoms with E-state index >= 15 is 0 Å². The van der Waals surface area contributed by atoms with E-state index < -0.39 is 11.9 Å². The predicted octanol–water partition coefficient (Wildman–Crippen LogP) is 2.32. The molecule has 0 radical (unpaired) electrons. The second kappa shape index (κ2) is 7.76. The fourth-order valence-corrected chi connectivity index (χ4v) is 3.14. The van der Waals surface area contributed by atoms with Gasteiger partial charge in [-0.05, 0) is 19.4 Å². The number of hydrogen-bond acceptors (Lipinski definition) is 7. The number of carboxylic acids is 2. The first-order chi connectivity index (χ1) is 10.3. The molecule has 2 aromatic heterocycles. The monoisotopic (exact) mass is 341 g/mol. The van der Waals surface area contributed by atoms with Gasteiger partial charge in [-0.1, -0.05) is 17.8 Å². The Hall–Kier alpha value is -2.13. The van der Waals surface area contributed by atoms with Crippen LogP contribution >= 0.6 is 23.1 Å². The van der Waals surface area contributed by atoms with E-state index in [1.165, 1.54) is 10.4 Å². The zero-order valence-electron chi connectivity index (χ0n) is 12.0. The Morgan fingerprint density at radius 1 is 1.32 bits per heavy atom. The van der Waals surface area contributed by atoms with Crippen LogP contribution in [0.25, 0.3) is 10.2 Å². The molecule has 9 heteroatoms. The minimum absolute atomic E-state index is 0.582. The number of aryl methyl sites for hydroxylation is 2. The molecule has 0 aromatic carbocycles. The maximum atomic E-state index is 9.10. The van der Waals surface area contributed by atoms with Gasteiger partial charge in [0.2, 0.25) is 0 Å². The van der Waals surface area contributed by atoms with E-state index in [1.54, 1.807) is 23.1 Å². The molecular formula is C13H15N3O4S2. The third-order valence-electron chi connectivity index (χ3n) is 2.55. The Morgan fingerprint density at radius 3 is 2.41 bits per heavy atom. The van der Waals surface area contributed by atoms with Gasteiger partial charge in [-0.25, -0.2) is 19.6 Å². The summed E-state index contributed by atoms with van der Waals surface area (Å²) in [5.74, 6) is -2.27. The third-order valence-corrected chi connectivity index (χ3v) is 4.49. The Morgan fingerprint density at radius 2 is 1.91 bits per heavy atom. The standard InChI is InChI=1S/C11H13N3S2.C2H2O4/c1-4-5-15-11-13-9(12)8-6(2)7(3)16-10(8)14-11;3-1(4)2(5)6/h4H,1,5H2,2-3H3,(H2,12,13,14);(H,3,4)(H,5,6). The number of hydrogen-bond donors (Lipinski definition) is 3. The number of thiophene rings is 1. The smallest absolute Gasteiger partial charge is 0.414 e. The number of aliphatic carboxylic acids is 2. The first-order valence-corrected chi connectivity index (χ1v) is 7.81. The highest BCUT2D eigenvalue weighted by atomic mass is 32.2. The van der Waals surface area contributed by atoms with Crippen LogP contribution < -0.4 is 5.73 Å². The summed E-state index contributed by atoms with van der Waals surface area (Å²) >= 11 is 3.22. The Labute approximate surface area is 134 Å². The number of nitrogens with zero attached hydrogens (tertiary/aromatic N) is 2. The van der Waals surface area contributed by atoms with E-state index in [1.807, 2.05) is 6.08 Å². The third kappa shape index (κ3) is 4.43. The lowest BCUT2D eigenvalue weighted by molar-refractivity contribution is -0.159. The molecule has 0 bridgehead atoms. The molecule has 0 spiro atoms. The van der Waals surface area contributed by atoms with Crippen molar-refractivity contribution >= 4 is 51.1 Å². The van der Waals surface area contributed by atoms with Crippen molar-refractivity contribution in [3.8, 4) is 0 Å². The summed E-state index contributed by atoms with van der Waals surface area (Å²) in [6.45, 7) is 7.81. The van der Waals surface area contributed by atoms with Gasteiger partial charge in [-0.3, -0.25) is 0 Å². The first-order valence-electron chi connectivity index (χ1n) is 6.01. The van der Waals surface area contributed by atoms with Gasteiger partial charge < -0.3 is 15.9 Å². The van der Waals surface area contributed by atoms with Gasteiger partial charge in [-0.2, -0.15) is 0 Å². The highest BCUT2D eigenvalue weighted by Gasteiger charge is 2.12. The van der Waals surface area contributed by atoms with Gasteiger partial charge in [0.05, 0.1) is 5.39 Å². The van der Waals surface area contributed by atoms with Crippen molar-refractivity contribution in [3.63, 3.8) is 0 Å². The van der Waals surface area contributed by atoms with Crippen LogP contribution in [-0.4, -0.2) is 37.9 Å². The lowest BCUT2D eigenvalue weighted by atomic mass is 10.2. The molecule has 0 aliphatic carbocycles. The van der Waals surface area contributed by atoms with Crippen molar-refractivity contribution in [3.05, 3.63) is 23.1 Å². The molecule has 0 aliphatic rings. The van der Waals surface area contributed by atoms with Crippen LogP contribution in [0.2, 0.25) is 0 Å². The number of carboxylic acid groups (broad SMARTS) is 2. The number of fused-ring (bicyclic) bond motifs is 1. The van der Waals surface area contributed by atoms with Crippen molar-refractivity contribution in [2.45, 2.75) is 19.0 Å². The number of aromatic nitrogens is 2. The van der Waals surface area contributed by atoms with Gasteiger partial charge in [-0.15, -0.1) is 17.9 Å². The topological polar surface area (TPSA) is 126 Å². The van der Waals surface area contributed by atoms with Crippen molar-refractivity contribution in [1.29, 1.82) is 0 Å². The maximum absolute atomic E-state index is 9.10. The summed E-state index contributed by atoms with van der Waals surface area (Å²) in [6, 6.07) is 0. The number of carbonyl (C=O) groups is 2. The average Bonchev–Trinajstić information content (AvgIpc) is 2.72. The zero-order valence-corrected chi connectivity index (χ0v) is 13.6. The Balaban J connectivity index is 0.000000346. The Kier molecular flexibility index (Phi) is 6.32. The van der Waals surface area contributed by atoms with Crippen LogP contribution in [0.3, 0.4) is 0 Å². The van der Waals surface area contributed by atoms with Crippen LogP contribution in [0.4, 0.5) is 5.82 Å². The lowest BCUT2D eigenvalue weighted by Crippen LogP contribution is -2.09. The number of nitrogen functional groups attached to an aromatic ring is 1. The number of anilines is 1. The van der Waals surface area contributed by atoms with Gasteiger partial charge in [0.15, 0.2) is 5.16 Å². The van der Waals surface area contributed by atoms with Crippen LogP contribution in [0.5, 0.6) is 0 Å². The summed E-state index contributed by atoms with van der Waals surface area (Å²) in [6.07, 6.45) is 1.83. The van der Waals surface area contributed by atoms with E-state index in [9.17, 15) is 0 Å². The number of thioether (sulfide) groups is 1.